The van der Waals surface area contributed by atoms with Crippen LogP contribution in [0.3, 0.4) is 0 Å². The van der Waals surface area contributed by atoms with Crippen molar-refractivity contribution in [2.75, 3.05) is 19.7 Å². The van der Waals surface area contributed by atoms with Crippen LogP contribution in [0.15, 0.2) is 36.5 Å². The monoisotopic (exact) mass is 312 g/mol. The van der Waals surface area contributed by atoms with Crippen molar-refractivity contribution in [1.29, 1.82) is 0 Å². The fraction of sp³-hybridized carbons (Fsp3) is 0.471. The predicted octanol–water partition coefficient (Wildman–Crippen LogP) is 1.90. The van der Waals surface area contributed by atoms with E-state index >= 15 is 0 Å². The molecule has 0 bridgehead atoms. The molecule has 1 aromatic carbocycles. The maximum Gasteiger partial charge on any atom is 0.225 e. The number of ether oxygens (including phenoxy) is 1. The number of hydrogen-bond donors (Lipinski definition) is 0. The highest BCUT2D eigenvalue weighted by Gasteiger charge is 2.34. The number of carbonyl (C=O) groups is 1. The van der Waals surface area contributed by atoms with E-state index in [9.17, 15) is 4.79 Å². The SMILES string of the molecule is O=C(C[C@@H]1CCCO1)N1CC(n2cc(-c3ccccc3)nn2)C1. The van der Waals surface area contributed by atoms with Gasteiger partial charge >= 0.3 is 0 Å². The molecule has 3 heterocycles. The van der Waals surface area contributed by atoms with Gasteiger partial charge in [-0.25, -0.2) is 4.68 Å². The summed E-state index contributed by atoms with van der Waals surface area (Å²) < 4.78 is 7.40. The van der Waals surface area contributed by atoms with Crippen LogP contribution in [0.2, 0.25) is 0 Å². The maximum atomic E-state index is 12.2. The minimum absolute atomic E-state index is 0.123. The first-order valence-corrected chi connectivity index (χ1v) is 8.16. The smallest absolute Gasteiger partial charge is 0.225 e. The first-order valence-electron chi connectivity index (χ1n) is 8.16. The van der Waals surface area contributed by atoms with Gasteiger partial charge < -0.3 is 9.64 Å². The van der Waals surface area contributed by atoms with E-state index in [0.29, 0.717) is 19.5 Å². The summed E-state index contributed by atoms with van der Waals surface area (Å²) >= 11 is 0. The molecule has 1 aromatic heterocycles. The van der Waals surface area contributed by atoms with E-state index < -0.39 is 0 Å². The average Bonchev–Trinajstić information content (AvgIpc) is 3.18. The summed E-state index contributed by atoms with van der Waals surface area (Å²) in [6.07, 6.45) is 4.67. The molecule has 2 aliphatic rings. The summed E-state index contributed by atoms with van der Waals surface area (Å²) in [5, 5.41) is 8.45. The van der Waals surface area contributed by atoms with Gasteiger partial charge in [0.1, 0.15) is 5.69 Å². The van der Waals surface area contributed by atoms with E-state index in [0.717, 1.165) is 30.7 Å². The molecule has 0 saturated carbocycles. The molecule has 6 heteroatoms. The van der Waals surface area contributed by atoms with Gasteiger partial charge in [0.05, 0.1) is 24.8 Å². The Bertz CT molecular complexity index is 673. The van der Waals surface area contributed by atoms with Crippen LogP contribution in [-0.2, 0) is 9.53 Å². The molecule has 2 fully saturated rings. The minimum Gasteiger partial charge on any atom is -0.378 e. The molecule has 2 saturated heterocycles. The van der Waals surface area contributed by atoms with Crippen molar-refractivity contribution in [2.24, 2.45) is 0 Å². The molecule has 0 aliphatic carbocycles. The van der Waals surface area contributed by atoms with Gasteiger partial charge in [0.2, 0.25) is 5.91 Å². The third kappa shape index (κ3) is 2.99. The largest absolute Gasteiger partial charge is 0.378 e. The van der Waals surface area contributed by atoms with E-state index in [4.69, 9.17) is 4.74 Å². The van der Waals surface area contributed by atoms with Crippen LogP contribution in [0.4, 0.5) is 0 Å². The average molecular weight is 312 g/mol. The highest BCUT2D eigenvalue weighted by atomic mass is 16.5. The van der Waals surface area contributed by atoms with E-state index in [1.165, 1.54) is 0 Å². The molecule has 0 spiro atoms. The molecule has 6 nitrogen and oxygen atoms in total. The summed E-state index contributed by atoms with van der Waals surface area (Å²) in [5.74, 6) is 0.191. The quantitative estimate of drug-likeness (QED) is 0.865. The summed E-state index contributed by atoms with van der Waals surface area (Å²) in [7, 11) is 0. The molecule has 1 atom stereocenters. The third-order valence-corrected chi connectivity index (χ3v) is 4.60. The van der Waals surface area contributed by atoms with E-state index in [-0.39, 0.29) is 18.1 Å². The van der Waals surface area contributed by atoms with Gasteiger partial charge in [0, 0.05) is 25.3 Å². The Morgan fingerprint density at radius 1 is 1.26 bits per heavy atom. The standard InChI is InChI=1S/C17H20N4O2/c22-17(9-15-7-4-8-23-15)20-10-14(11-20)21-12-16(18-19-21)13-5-2-1-3-6-13/h1-3,5-6,12,14-15H,4,7-11H2/t15-/m0/s1. The lowest BCUT2D eigenvalue weighted by Gasteiger charge is -2.39. The highest BCUT2D eigenvalue weighted by molar-refractivity contribution is 5.77. The number of amides is 1. The molecule has 1 amide bonds. The second-order valence-corrected chi connectivity index (χ2v) is 6.24. The van der Waals surface area contributed by atoms with Gasteiger partial charge in [-0.2, -0.15) is 0 Å². The molecular weight excluding hydrogens is 292 g/mol. The van der Waals surface area contributed by atoms with Gasteiger partial charge in [-0.05, 0) is 12.8 Å². The van der Waals surface area contributed by atoms with Gasteiger partial charge in [-0.15, -0.1) is 5.10 Å². The first-order chi connectivity index (χ1) is 11.3. The molecular formula is C17H20N4O2. The van der Waals surface area contributed by atoms with Crippen molar-refractivity contribution in [3.05, 3.63) is 36.5 Å². The van der Waals surface area contributed by atoms with Crippen molar-refractivity contribution in [3.63, 3.8) is 0 Å². The van der Waals surface area contributed by atoms with E-state index in [1.54, 1.807) is 0 Å². The number of nitrogens with zero attached hydrogens (tertiary/aromatic N) is 4. The van der Waals surface area contributed by atoms with Gasteiger partial charge in [0.25, 0.3) is 0 Å². The Morgan fingerprint density at radius 2 is 2.09 bits per heavy atom. The summed E-state index contributed by atoms with van der Waals surface area (Å²) in [6, 6.07) is 10.2. The van der Waals surface area contributed by atoms with Crippen LogP contribution in [0.5, 0.6) is 0 Å². The van der Waals surface area contributed by atoms with Crippen molar-refractivity contribution < 1.29 is 9.53 Å². The van der Waals surface area contributed by atoms with Crippen LogP contribution in [0, 0.1) is 0 Å². The van der Waals surface area contributed by atoms with Crippen molar-refractivity contribution in [2.45, 2.75) is 31.4 Å². The number of aromatic nitrogens is 3. The molecule has 23 heavy (non-hydrogen) atoms. The van der Waals surface area contributed by atoms with Crippen molar-refractivity contribution >= 4 is 5.91 Å². The van der Waals surface area contributed by atoms with E-state index in [2.05, 4.69) is 10.3 Å². The zero-order chi connectivity index (χ0) is 15.6. The first kappa shape index (κ1) is 14.4. The zero-order valence-electron chi connectivity index (χ0n) is 13.0. The van der Waals surface area contributed by atoms with E-state index in [1.807, 2.05) is 46.1 Å². The number of hydrogen-bond acceptors (Lipinski definition) is 4. The third-order valence-electron chi connectivity index (χ3n) is 4.60. The molecule has 0 radical (unpaired) electrons. The minimum atomic E-state index is 0.123. The lowest BCUT2D eigenvalue weighted by Crippen LogP contribution is -2.51. The van der Waals surface area contributed by atoms with Crippen LogP contribution < -0.4 is 0 Å². The maximum absolute atomic E-state index is 12.2. The lowest BCUT2D eigenvalue weighted by atomic mass is 10.1. The topological polar surface area (TPSA) is 60.2 Å². The molecule has 4 rings (SSSR count). The zero-order valence-corrected chi connectivity index (χ0v) is 13.0. The molecule has 120 valence electrons. The van der Waals surface area contributed by atoms with Crippen LogP contribution in [-0.4, -0.2) is 51.6 Å². The van der Waals surface area contributed by atoms with Crippen LogP contribution in [0.25, 0.3) is 11.3 Å². The normalized spacial score (nSPS) is 21.4. The fourth-order valence-electron chi connectivity index (χ4n) is 3.15. The Hall–Kier alpha value is -2.21. The van der Waals surface area contributed by atoms with Crippen molar-refractivity contribution in [3.8, 4) is 11.3 Å². The fourth-order valence-corrected chi connectivity index (χ4v) is 3.15. The Morgan fingerprint density at radius 3 is 2.83 bits per heavy atom. The second-order valence-electron chi connectivity index (χ2n) is 6.24. The number of likely N-dealkylation sites (tertiary alicyclic amines) is 1. The summed E-state index contributed by atoms with van der Waals surface area (Å²) in [5.41, 5.74) is 1.93. The number of rotatable bonds is 4. The Labute approximate surface area is 135 Å². The molecule has 0 N–H and O–H groups in total. The highest BCUT2D eigenvalue weighted by Crippen LogP contribution is 2.25. The lowest BCUT2D eigenvalue weighted by molar-refractivity contribution is -0.139. The number of benzene rings is 1. The van der Waals surface area contributed by atoms with Gasteiger partial charge in [-0.1, -0.05) is 35.5 Å². The molecule has 2 aliphatic heterocycles. The molecule has 2 aromatic rings. The predicted molar refractivity (Wildman–Crippen MR) is 84.7 cm³/mol. The van der Waals surface area contributed by atoms with Crippen LogP contribution in [0.1, 0.15) is 25.3 Å². The number of carbonyl (C=O) groups excluding carboxylic acids is 1. The van der Waals surface area contributed by atoms with Crippen LogP contribution >= 0.6 is 0 Å². The Balaban J connectivity index is 1.33. The second kappa shape index (κ2) is 6.12. The van der Waals surface area contributed by atoms with Gasteiger partial charge in [-0.3, -0.25) is 4.79 Å². The summed E-state index contributed by atoms with van der Waals surface area (Å²) in [4.78, 5) is 14.1. The Kier molecular flexibility index (Phi) is 3.83. The van der Waals surface area contributed by atoms with Crippen molar-refractivity contribution in [1.82, 2.24) is 19.9 Å². The summed E-state index contributed by atoms with van der Waals surface area (Å²) in [6.45, 7) is 2.22. The molecule has 0 unspecified atom stereocenters. The van der Waals surface area contributed by atoms with Gasteiger partial charge in [0.15, 0.2) is 0 Å².